The zero-order chi connectivity index (χ0) is 31.5. The molecule has 10 heteroatoms. The topological polar surface area (TPSA) is 126 Å². The molecule has 2 atom stereocenters. The number of fused-ring (bicyclic) bond motifs is 1. The molecule has 4 rings (SSSR count). The maximum atomic E-state index is 13.6. The van der Waals surface area contributed by atoms with Gasteiger partial charge < -0.3 is 30.3 Å². The van der Waals surface area contributed by atoms with Crippen molar-refractivity contribution in [2.75, 3.05) is 32.8 Å². The van der Waals surface area contributed by atoms with E-state index in [0.717, 1.165) is 22.4 Å². The quantitative estimate of drug-likeness (QED) is 0.342. The lowest BCUT2D eigenvalue weighted by Gasteiger charge is -2.28. The fourth-order valence-corrected chi connectivity index (χ4v) is 4.96. The minimum atomic E-state index is -1.21. The largest absolute Gasteiger partial charge is 0.491 e. The first-order chi connectivity index (χ1) is 21.3. The van der Waals surface area contributed by atoms with E-state index in [9.17, 15) is 19.2 Å². The van der Waals surface area contributed by atoms with Gasteiger partial charge in [-0.2, -0.15) is 0 Å². The Balaban J connectivity index is 1.54. The number of carbonyl (C=O) groups is 4. The Hall–Kier alpha value is -4.86. The summed E-state index contributed by atoms with van der Waals surface area (Å²) in [6.07, 6.45) is -0.103. The molecule has 0 fully saturated rings. The summed E-state index contributed by atoms with van der Waals surface area (Å²) in [5.41, 5.74) is 3.20. The lowest BCUT2D eigenvalue weighted by Crippen LogP contribution is -2.54. The third-order valence-electron chi connectivity index (χ3n) is 7.58. The van der Waals surface area contributed by atoms with E-state index >= 15 is 0 Å². The van der Waals surface area contributed by atoms with Gasteiger partial charge in [0.25, 0.3) is 5.91 Å². The third-order valence-corrected chi connectivity index (χ3v) is 7.58. The predicted octanol–water partition coefficient (Wildman–Crippen LogP) is 2.96. The number of para-hydroxylation sites is 1. The van der Waals surface area contributed by atoms with Gasteiger partial charge in [-0.25, -0.2) is 0 Å². The predicted molar refractivity (Wildman–Crippen MR) is 167 cm³/mol. The Kier molecular flexibility index (Phi) is 11.3. The number of ether oxygens (including phenoxy) is 2. The molecular weight excluding hydrogens is 560 g/mol. The summed E-state index contributed by atoms with van der Waals surface area (Å²) in [5, 5.41) is 8.29. The highest BCUT2D eigenvalue weighted by atomic mass is 16.5. The molecule has 1 aliphatic rings. The molecule has 0 unspecified atom stereocenters. The minimum absolute atomic E-state index is 0.139. The van der Waals surface area contributed by atoms with Crippen LogP contribution >= 0.6 is 0 Å². The number of amides is 4. The van der Waals surface area contributed by atoms with E-state index in [1.165, 1.54) is 0 Å². The summed E-state index contributed by atoms with van der Waals surface area (Å²) < 4.78 is 11.8. The average molecular weight is 601 g/mol. The standard InChI is InChI=1S/C34H40N4O6/c1-4-38-18-20-44-30-15-9-8-14-26(30)32(40)37-27(33(41)35-17-19-43-29-16-10-11-23(2)24(29)3)22-31(39)36-28(34(38)42)21-25-12-6-5-7-13-25/h5-16,27-28H,4,17-22H2,1-3H3,(H,35,41)(H,36,39)(H,37,40)/t27-,28-/m0/s1. The molecule has 3 aromatic carbocycles. The third kappa shape index (κ3) is 8.59. The highest BCUT2D eigenvalue weighted by molar-refractivity contribution is 6.01. The number of nitrogens with zero attached hydrogens (tertiary/aromatic N) is 1. The van der Waals surface area contributed by atoms with Gasteiger partial charge in [0.1, 0.15) is 36.8 Å². The van der Waals surface area contributed by atoms with Crippen molar-refractivity contribution >= 4 is 23.6 Å². The van der Waals surface area contributed by atoms with E-state index in [1.54, 1.807) is 29.2 Å². The Morgan fingerprint density at radius 1 is 0.977 bits per heavy atom. The molecule has 3 aromatic rings. The highest BCUT2D eigenvalue weighted by Gasteiger charge is 2.30. The minimum Gasteiger partial charge on any atom is -0.491 e. The van der Waals surface area contributed by atoms with E-state index in [-0.39, 0.29) is 50.6 Å². The lowest BCUT2D eigenvalue weighted by molar-refractivity contribution is -0.137. The fourth-order valence-electron chi connectivity index (χ4n) is 4.96. The maximum Gasteiger partial charge on any atom is 0.255 e. The van der Waals surface area contributed by atoms with Crippen molar-refractivity contribution in [1.82, 2.24) is 20.9 Å². The van der Waals surface area contributed by atoms with Gasteiger partial charge in [-0.05, 0) is 55.7 Å². The van der Waals surface area contributed by atoms with Crippen molar-refractivity contribution in [2.24, 2.45) is 0 Å². The number of likely N-dealkylation sites (N-methyl/N-ethyl adjacent to an activating group) is 1. The summed E-state index contributed by atoms with van der Waals surface area (Å²) in [4.78, 5) is 55.3. The summed E-state index contributed by atoms with van der Waals surface area (Å²) in [6.45, 7) is 6.97. The molecule has 0 spiro atoms. The van der Waals surface area contributed by atoms with Crippen molar-refractivity contribution in [3.63, 3.8) is 0 Å². The number of benzene rings is 3. The first kappa shape index (κ1) is 32.1. The van der Waals surface area contributed by atoms with Crippen LogP contribution in [0, 0.1) is 13.8 Å². The second-order valence-electron chi connectivity index (χ2n) is 10.6. The van der Waals surface area contributed by atoms with Crippen LogP contribution < -0.4 is 25.4 Å². The van der Waals surface area contributed by atoms with Gasteiger partial charge in [0.05, 0.1) is 25.1 Å². The Morgan fingerprint density at radius 2 is 1.73 bits per heavy atom. The van der Waals surface area contributed by atoms with Crippen molar-refractivity contribution in [3.8, 4) is 11.5 Å². The van der Waals surface area contributed by atoms with Crippen LogP contribution in [0.15, 0.2) is 72.8 Å². The normalized spacial score (nSPS) is 17.8. The average Bonchev–Trinajstić information content (AvgIpc) is 3.02. The molecule has 0 aliphatic carbocycles. The van der Waals surface area contributed by atoms with E-state index < -0.39 is 29.8 Å². The molecule has 0 bridgehead atoms. The Morgan fingerprint density at radius 3 is 2.50 bits per heavy atom. The molecule has 1 aliphatic heterocycles. The Labute approximate surface area is 258 Å². The molecule has 0 saturated heterocycles. The number of nitrogens with one attached hydrogen (secondary N) is 3. The number of rotatable bonds is 8. The highest BCUT2D eigenvalue weighted by Crippen LogP contribution is 2.21. The summed E-state index contributed by atoms with van der Waals surface area (Å²) in [6, 6.07) is 19.7. The lowest BCUT2D eigenvalue weighted by atomic mass is 10.0. The molecule has 0 aromatic heterocycles. The zero-order valence-electron chi connectivity index (χ0n) is 25.4. The van der Waals surface area contributed by atoms with Gasteiger partial charge in [0.15, 0.2) is 0 Å². The van der Waals surface area contributed by atoms with Gasteiger partial charge in [-0.3, -0.25) is 19.2 Å². The van der Waals surface area contributed by atoms with Crippen LogP contribution in [0.3, 0.4) is 0 Å². The van der Waals surface area contributed by atoms with Crippen LogP contribution in [-0.4, -0.2) is 73.5 Å². The van der Waals surface area contributed by atoms with Gasteiger partial charge in [0.2, 0.25) is 17.7 Å². The van der Waals surface area contributed by atoms with Gasteiger partial charge in [-0.15, -0.1) is 0 Å². The molecule has 3 N–H and O–H groups in total. The molecule has 232 valence electrons. The van der Waals surface area contributed by atoms with E-state index in [2.05, 4.69) is 16.0 Å². The van der Waals surface area contributed by atoms with Crippen LogP contribution in [0.1, 0.15) is 40.4 Å². The molecule has 0 saturated carbocycles. The van der Waals surface area contributed by atoms with Crippen molar-refractivity contribution in [1.29, 1.82) is 0 Å². The van der Waals surface area contributed by atoms with Gasteiger partial charge in [0, 0.05) is 13.0 Å². The SMILES string of the molecule is CCN1CCOc2ccccc2C(=O)N[C@H](C(=O)NCCOc2cccc(C)c2C)CC(=O)N[C@@H](Cc2ccccc2)C1=O. The number of hydrogen-bond donors (Lipinski definition) is 3. The summed E-state index contributed by atoms with van der Waals surface area (Å²) in [7, 11) is 0. The molecular formula is C34H40N4O6. The molecule has 0 radical (unpaired) electrons. The number of hydrogen-bond acceptors (Lipinski definition) is 6. The van der Waals surface area contributed by atoms with E-state index in [4.69, 9.17) is 9.47 Å². The van der Waals surface area contributed by atoms with Crippen molar-refractivity contribution in [2.45, 2.75) is 45.7 Å². The van der Waals surface area contributed by atoms with Crippen LogP contribution in [0.25, 0.3) is 0 Å². The second-order valence-corrected chi connectivity index (χ2v) is 10.6. The van der Waals surface area contributed by atoms with Crippen LogP contribution in [-0.2, 0) is 20.8 Å². The summed E-state index contributed by atoms with van der Waals surface area (Å²) in [5.74, 6) is -0.865. The molecule has 1 heterocycles. The molecule has 4 amide bonds. The monoisotopic (exact) mass is 600 g/mol. The van der Waals surface area contributed by atoms with E-state index in [0.29, 0.717) is 12.3 Å². The number of aryl methyl sites for hydroxylation is 1. The maximum absolute atomic E-state index is 13.6. The van der Waals surface area contributed by atoms with Crippen LogP contribution in [0.4, 0.5) is 0 Å². The van der Waals surface area contributed by atoms with Gasteiger partial charge >= 0.3 is 0 Å². The first-order valence-corrected chi connectivity index (χ1v) is 14.9. The van der Waals surface area contributed by atoms with E-state index in [1.807, 2.05) is 69.3 Å². The second kappa shape index (κ2) is 15.6. The zero-order valence-corrected chi connectivity index (χ0v) is 25.4. The van der Waals surface area contributed by atoms with Crippen LogP contribution in [0.5, 0.6) is 11.5 Å². The summed E-state index contributed by atoms with van der Waals surface area (Å²) >= 11 is 0. The molecule has 10 nitrogen and oxygen atoms in total. The van der Waals surface area contributed by atoms with Gasteiger partial charge in [-0.1, -0.05) is 54.6 Å². The van der Waals surface area contributed by atoms with Crippen molar-refractivity contribution < 1.29 is 28.7 Å². The number of carbonyl (C=O) groups excluding carboxylic acids is 4. The Bertz CT molecular complexity index is 1460. The first-order valence-electron chi connectivity index (χ1n) is 14.9. The van der Waals surface area contributed by atoms with Crippen LogP contribution in [0.2, 0.25) is 0 Å². The van der Waals surface area contributed by atoms with Crippen molar-refractivity contribution in [3.05, 3.63) is 95.1 Å². The smallest absolute Gasteiger partial charge is 0.255 e. The molecule has 44 heavy (non-hydrogen) atoms. The fraction of sp³-hybridized carbons (Fsp3) is 0.353.